The largest absolute Gasteiger partial charge is 0.495 e. The Kier molecular flexibility index (Phi) is 3.93. The van der Waals surface area contributed by atoms with Crippen molar-refractivity contribution in [3.8, 4) is 5.75 Å². The first-order valence-corrected chi connectivity index (χ1v) is 4.50. The molecule has 0 aliphatic rings. The van der Waals surface area contributed by atoms with E-state index in [-0.39, 0.29) is 11.4 Å². The van der Waals surface area contributed by atoms with E-state index in [4.69, 9.17) is 4.74 Å². The van der Waals surface area contributed by atoms with Crippen LogP contribution < -0.4 is 10.1 Å². The van der Waals surface area contributed by atoms with Gasteiger partial charge in [-0.1, -0.05) is 12.1 Å². The molecule has 0 spiro atoms. The van der Waals surface area contributed by atoms with Crippen molar-refractivity contribution >= 4 is 11.6 Å². The van der Waals surface area contributed by atoms with E-state index in [1.165, 1.54) is 25.3 Å². The van der Waals surface area contributed by atoms with Gasteiger partial charge >= 0.3 is 18.3 Å². The molecule has 0 saturated carbocycles. The van der Waals surface area contributed by atoms with Gasteiger partial charge in [-0.25, -0.2) is 8.78 Å². The molecule has 7 heteroatoms. The number of carbonyl (C=O) groups excluding carboxylic acids is 1. The number of anilines is 1. The van der Waals surface area contributed by atoms with Gasteiger partial charge in [-0.3, -0.25) is 4.79 Å². The van der Waals surface area contributed by atoms with Gasteiger partial charge in [0.25, 0.3) is 0 Å². The zero-order chi connectivity index (χ0) is 13.1. The highest BCUT2D eigenvalue weighted by Gasteiger charge is 2.49. The Labute approximate surface area is 94.4 Å². The van der Waals surface area contributed by atoms with Gasteiger partial charge in [0, 0.05) is 0 Å². The molecule has 0 aliphatic carbocycles. The molecule has 0 radical (unpaired) electrons. The first kappa shape index (κ1) is 13.3. The van der Waals surface area contributed by atoms with Crippen LogP contribution in [0.15, 0.2) is 24.3 Å². The van der Waals surface area contributed by atoms with Crippen LogP contribution in [-0.2, 0) is 4.79 Å². The first-order valence-electron chi connectivity index (χ1n) is 4.50. The second-order valence-electron chi connectivity index (χ2n) is 3.08. The molecule has 0 fully saturated rings. The quantitative estimate of drug-likeness (QED) is 0.835. The van der Waals surface area contributed by atoms with Crippen LogP contribution in [0.25, 0.3) is 0 Å². The van der Waals surface area contributed by atoms with Crippen molar-refractivity contribution in [2.75, 3.05) is 12.4 Å². The molecule has 0 bridgehead atoms. The average Bonchev–Trinajstić information content (AvgIpc) is 2.29. The number of benzene rings is 1. The van der Waals surface area contributed by atoms with Crippen molar-refractivity contribution in [2.24, 2.45) is 0 Å². The molecule has 0 heterocycles. The predicted molar refractivity (Wildman–Crippen MR) is 52.6 cm³/mol. The number of halogens is 4. The minimum absolute atomic E-state index is 0.0969. The molecule has 0 aliphatic heterocycles. The smallest absolute Gasteiger partial charge is 0.383 e. The standard InChI is InChI=1S/C10H9F4NO2/c1-17-7-5-3-2-4-6(7)15-9(16)10(13,14)8(11)12/h2-5,8H,1H3,(H,15,16). The number of hydrogen-bond acceptors (Lipinski definition) is 2. The molecule has 1 amide bonds. The maximum Gasteiger partial charge on any atom is 0.383 e. The fourth-order valence-electron chi connectivity index (χ4n) is 1.05. The van der Waals surface area contributed by atoms with Gasteiger partial charge < -0.3 is 10.1 Å². The summed E-state index contributed by atoms with van der Waals surface area (Å²) in [4.78, 5) is 10.9. The molecule has 17 heavy (non-hydrogen) atoms. The van der Waals surface area contributed by atoms with Gasteiger partial charge in [-0.05, 0) is 12.1 Å². The third-order valence-electron chi connectivity index (χ3n) is 1.93. The SMILES string of the molecule is COc1ccccc1NC(=O)C(F)(F)C(F)F. The molecule has 0 aromatic heterocycles. The highest BCUT2D eigenvalue weighted by molar-refractivity contribution is 5.97. The van der Waals surface area contributed by atoms with Crippen LogP contribution in [0.3, 0.4) is 0 Å². The van der Waals surface area contributed by atoms with Crippen LogP contribution in [0, 0.1) is 0 Å². The number of hydrogen-bond donors (Lipinski definition) is 1. The van der Waals surface area contributed by atoms with Crippen molar-refractivity contribution in [2.45, 2.75) is 12.3 Å². The fraction of sp³-hybridized carbons (Fsp3) is 0.300. The summed E-state index contributed by atoms with van der Waals surface area (Å²) in [7, 11) is 1.26. The lowest BCUT2D eigenvalue weighted by Gasteiger charge is -2.16. The Bertz CT molecular complexity index is 409. The Balaban J connectivity index is 2.88. The van der Waals surface area contributed by atoms with Gasteiger partial charge in [-0.15, -0.1) is 0 Å². The van der Waals surface area contributed by atoms with E-state index in [2.05, 4.69) is 0 Å². The summed E-state index contributed by atoms with van der Waals surface area (Å²) in [6, 6.07) is 5.65. The highest BCUT2D eigenvalue weighted by atomic mass is 19.3. The molecule has 1 rings (SSSR count). The molecule has 0 unspecified atom stereocenters. The van der Waals surface area contributed by atoms with E-state index < -0.39 is 18.3 Å². The number of alkyl halides is 4. The van der Waals surface area contributed by atoms with Crippen LogP contribution in [0.5, 0.6) is 5.75 Å². The molecule has 94 valence electrons. The van der Waals surface area contributed by atoms with Crippen molar-refractivity contribution in [1.82, 2.24) is 0 Å². The molecule has 3 nitrogen and oxygen atoms in total. The fourth-order valence-corrected chi connectivity index (χ4v) is 1.05. The Morgan fingerprint density at radius 3 is 2.47 bits per heavy atom. The number of para-hydroxylation sites is 2. The summed E-state index contributed by atoms with van der Waals surface area (Å²) in [5.74, 6) is -6.70. The number of rotatable bonds is 4. The van der Waals surface area contributed by atoms with Crippen molar-refractivity contribution in [3.63, 3.8) is 0 Å². The second-order valence-corrected chi connectivity index (χ2v) is 3.08. The van der Waals surface area contributed by atoms with Crippen LogP contribution in [0.4, 0.5) is 23.2 Å². The third-order valence-corrected chi connectivity index (χ3v) is 1.93. The van der Waals surface area contributed by atoms with Gasteiger partial charge in [-0.2, -0.15) is 8.78 Å². The van der Waals surface area contributed by atoms with E-state index in [1.54, 1.807) is 11.4 Å². The van der Waals surface area contributed by atoms with E-state index in [0.29, 0.717) is 0 Å². The molecule has 0 atom stereocenters. The lowest BCUT2D eigenvalue weighted by atomic mass is 10.2. The average molecular weight is 251 g/mol. The monoisotopic (exact) mass is 251 g/mol. The van der Waals surface area contributed by atoms with Crippen LogP contribution in [0.1, 0.15) is 0 Å². The minimum atomic E-state index is -4.74. The highest BCUT2D eigenvalue weighted by Crippen LogP contribution is 2.28. The summed E-state index contributed by atoms with van der Waals surface area (Å²) in [5.41, 5.74) is -0.0969. The molecule has 0 saturated heterocycles. The number of methoxy groups -OCH3 is 1. The molecular weight excluding hydrogens is 242 g/mol. The summed E-state index contributed by atoms with van der Waals surface area (Å²) in [5, 5.41) is 1.69. The topological polar surface area (TPSA) is 38.3 Å². The Morgan fingerprint density at radius 1 is 1.35 bits per heavy atom. The minimum Gasteiger partial charge on any atom is -0.495 e. The number of carbonyl (C=O) groups is 1. The lowest BCUT2D eigenvalue weighted by Crippen LogP contribution is -2.41. The normalized spacial score (nSPS) is 11.4. The molecule has 1 N–H and O–H groups in total. The van der Waals surface area contributed by atoms with Gasteiger partial charge in [0.1, 0.15) is 5.75 Å². The predicted octanol–water partition coefficient (Wildman–Crippen LogP) is 2.53. The summed E-state index contributed by atoms with van der Waals surface area (Å²) in [6.45, 7) is 0. The van der Waals surface area contributed by atoms with Gasteiger partial charge in [0.2, 0.25) is 0 Å². The third kappa shape index (κ3) is 2.86. The van der Waals surface area contributed by atoms with Gasteiger partial charge in [0.15, 0.2) is 0 Å². The van der Waals surface area contributed by atoms with Crippen molar-refractivity contribution in [3.05, 3.63) is 24.3 Å². The molecular formula is C10H9F4NO2. The summed E-state index contributed by atoms with van der Waals surface area (Å²) >= 11 is 0. The molecule has 1 aromatic carbocycles. The maximum absolute atomic E-state index is 12.7. The van der Waals surface area contributed by atoms with E-state index in [1.807, 2.05) is 0 Å². The number of ether oxygens (including phenoxy) is 1. The van der Waals surface area contributed by atoms with Crippen molar-refractivity contribution < 1.29 is 27.1 Å². The number of amides is 1. The first-order chi connectivity index (χ1) is 7.89. The summed E-state index contributed by atoms with van der Waals surface area (Å²) in [6.07, 6.45) is -4.06. The van der Waals surface area contributed by atoms with Crippen molar-refractivity contribution in [1.29, 1.82) is 0 Å². The maximum atomic E-state index is 12.7. The Morgan fingerprint density at radius 2 is 1.94 bits per heavy atom. The Hall–Kier alpha value is -1.79. The van der Waals surface area contributed by atoms with Crippen LogP contribution in [0.2, 0.25) is 0 Å². The molecule has 1 aromatic rings. The second kappa shape index (κ2) is 5.03. The zero-order valence-electron chi connectivity index (χ0n) is 8.72. The van der Waals surface area contributed by atoms with E-state index >= 15 is 0 Å². The van der Waals surface area contributed by atoms with Crippen LogP contribution >= 0.6 is 0 Å². The summed E-state index contributed by atoms with van der Waals surface area (Å²) < 4.78 is 53.9. The van der Waals surface area contributed by atoms with E-state index in [9.17, 15) is 22.4 Å². The van der Waals surface area contributed by atoms with Crippen LogP contribution in [-0.4, -0.2) is 25.4 Å². The lowest BCUT2D eigenvalue weighted by molar-refractivity contribution is -0.163. The number of nitrogens with one attached hydrogen (secondary N) is 1. The van der Waals surface area contributed by atoms with E-state index in [0.717, 1.165) is 0 Å². The van der Waals surface area contributed by atoms with Gasteiger partial charge in [0.05, 0.1) is 12.8 Å². The zero-order valence-corrected chi connectivity index (χ0v) is 8.72.